The summed E-state index contributed by atoms with van der Waals surface area (Å²) in [6.45, 7) is 9.84. The molecule has 2 aromatic heterocycles. The summed E-state index contributed by atoms with van der Waals surface area (Å²) in [5.74, 6) is -1.13. The van der Waals surface area contributed by atoms with Crippen LogP contribution in [-0.2, 0) is 30.0 Å². The average molecular weight is 1040 g/mol. The van der Waals surface area contributed by atoms with Gasteiger partial charge >= 0.3 is 12.2 Å². The molecule has 1 aliphatic rings. The van der Waals surface area contributed by atoms with Crippen LogP contribution in [0.25, 0.3) is 10.4 Å². The van der Waals surface area contributed by atoms with Gasteiger partial charge in [-0.15, -0.1) is 11.3 Å². The maximum absolute atomic E-state index is 14.0. The standard InChI is InChI=1S/C50H56ClF3N8O9S/c1-29(31-6-8-32(9-7-31)43-30(2)57-28-72-43)58-46(66)41-25-35(63)27-62(41)47(67)44(49(3,4)5)61-42(64)17-20-69-22-23-70-21-19-56-45(65)40-26-37(16-18-55-40)71-36-13-10-33(11-14-36)59-48(68)60-34-12-15-39(51)38(24-34)50(52,53)54/h6-16,18,24,26,28-29,35,41,44,63H,17,19-23,25,27H2,1-5H3,(H,56,65)(H,58,66)(H,61,64)(H2,59,60,68)/t29-,35+,41+,44+/m0/s1. The third kappa shape index (κ3) is 15.4. The van der Waals surface area contributed by atoms with Crippen molar-refractivity contribution in [1.82, 2.24) is 30.8 Å². The Balaban J connectivity index is 0.864. The maximum atomic E-state index is 14.0. The van der Waals surface area contributed by atoms with E-state index in [1.165, 1.54) is 47.5 Å². The predicted octanol–water partition coefficient (Wildman–Crippen LogP) is 8.15. The minimum absolute atomic E-state index is 0.0398. The number of aliphatic hydroxyl groups is 1. The Hall–Kier alpha value is -6.65. The molecule has 0 radical (unpaired) electrons. The highest BCUT2D eigenvalue weighted by molar-refractivity contribution is 7.13. The van der Waals surface area contributed by atoms with Gasteiger partial charge in [-0.3, -0.25) is 24.2 Å². The zero-order valence-electron chi connectivity index (χ0n) is 40.1. The number of nitrogens with one attached hydrogen (secondary N) is 5. The van der Waals surface area contributed by atoms with Crippen LogP contribution in [0.15, 0.2) is 90.6 Å². The molecule has 1 fully saturated rings. The smallest absolute Gasteiger partial charge is 0.417 e. The number of carbonyl (C=O) groups is 5. The number of rotatable bonds is 20. The molecule has 6 N–H and O–H groups in total. The first-order valence-corrected chi connectivity index (χ1v) is 24.1. The number of halogens is 4. The zero-order valence-corrected chi connectivity index (χ0v) is 41.7. The number of alkyl halides is 3. The number of benzene rings is 3. The fourth-order valence-electron chi connectivity index (χ4n) is 7.52. The number of aliphatic hydroxyl groups excluding tert-OH is 1. The van der Waals surface area contributed by atoms with E-state index in [1.807, 2.05) is 58.9 Å². The number of β-amino-alcohol motifs (C(OH)–C–C–N with tert-alkyl or cyclic N) is 1. The van der Waals surface area contributed by atoms with E-state index in [0.717, 1.165) is 33.8 Å². The normalized spacial score (nSPS) is 15.6. The summed E-state index contributed by atoms with van der Waals surface area (Å²) in [6.07, 6.45) is -4.20. The number of hydrogen-bond acceptors (Lipinski definition) is 12. The maximum Gasteiger partial charge on any atom is 0.417 e. The lowest BCUT2D eigenvalue weighted by molar-refractivity contribution is -0.144. The molecule has 1 saturated heterocycles. The van der Waals surface area contributed by atoms with Crippen molar-refractivity contribution >= 4 is 64.0 Å². The Labute approximate surface area is 423 Å². The third-order valence-corrected chi connectivity index (χ3v) is 12.6. The molecule has 4 atom stereocenters. The van der Waals surface area contributed by atoms with E-state index in [-0.39, 0.29) is 69.8 Å². The number of ether oxygens (including phenoxy) is 3. The van der Waals surface area contributed by atoms with Crippen LogP contribution < -0.4 is 31.3 Å². The molecule has 22 heteroatoms. The summed E-state index contributed by atoms with van der Waals surface area (Å²) >= 11 is 7.20. The molecule has 5 aromatic rings. The SMILES string of the molecule is Cc1ncsc1-c1ccc([C@H](C)NC(=O)[C@H]2C[C@@H](O)CN2C(=O)[C@@H](NC(=O)CCOCCOCCNC(=O)c2cc(Oc3ccc(NC(=O)Nc4ccc(Cl)c(C(F)(F)F)c4)cc3)ccn2)C(C)(C)C)cc1. The van der Waals surface area contributed by atoms with Crippen LogP contribution in [0.1, 0.15) is 73.9 Å². The number of hydrogen-bond donors (Lipinski definition) is 6. The number of urea groups is 1. The number of likely N-dealkylation sites (tertiary alicyclic amines) is 1. The molecule has 0 unspecified atom stereocenters. The fraction of sp³-hybridized carbons (Fsp3) is 0.380. The molecule has 72 heavy (non-hydrogen) atoms. The van der Waals surface area contributed by atoms with Gasteiger partial charge in [0.2, 0.25) is 17.7 Å². The largest absolute Gasteiger partial charge is 0.457 e. The predicted molar refractivity (Wildman–Crippen MR) is 265 cm³/mol. The highest BCUT2D eigenvalue weighted by Crippen LogP contribution is 2.36. The van der Waals surface area contributed by atoms with E-state index < -0.39 is 70.0 Å². The van der Waals surface area contributed by atoms with Gasteiger partial charge in [-0.1, -0.05) is 56.6 Å². The number of carbonyl (C=O) groups excluding carboxylic acids is 5. The summed E-state index contributed by atoms with van der Waals surface area (Å²) in [7, 11) is 0. The van der Waals surface area contributed by atoms with Crippen molar-refractivity contribution in [2.45, 2.75) is 77.9 Å². The Morgan fingerprint density at radius 3 is 2.21 bits per heavy atom. The number of aromatic nitrogens is 2. The molecule has 0 bridgehead atoms. The van der Waals surface area contributed by atoms with Crippen molar-refractivity contribution in [2.24, 2.45) is 5.41 Å². The number of amides is 6. The number of nitrogens with zero attached hydrogens (tertiary/aromatic N) is 3. The number of anilines is 2. The van der Waals surface area contributed by atoms with Gasteiger partial charge in [0.1, 0.15) is 29.3 Å². The van der Waals surface area contributed by atoms with Crippen LogP contribution in [0.5, 0.6) is 11.5 Å². The van der Waals surface area contributed by atoms with E-state index in [9.17, 15) is 42.3 Å². The fourth-order valence-corrected chi connectivity index (χ4v) is 8.55. The van der Waals surface area contributed by atoms with Gasteiger partial charge in [-0.2, -0.15) is 13.2 Å². The van der Waals surface area contributed by atoms with Gasteiger partial charge in [0, 0.05) is 49.6 Å². The van der Waals surface area contributed by atoms with Crippen molar-refractivity contribution in [1.29, 1.82) is 0 Å². The monoisotopic (exact) mass is 1040 g/mol. The Morgan fingerprint density at radius 2 is 1.54 bits per heavy atom. The van der Waals surface area contributed by atoms with Gasteiger partial charge in [0.15, 0.2) is 0 Å². The van der Waals surface area contributed by atoms with Gasteiger partial charge in [0.25, 0.3) is 5.91 Å². The first-order chi connectivity index (χ1) is 34.2. The highest BCUT2D eigenvalue weighted by Gasteiger charge is 2.44. The molecule has 3 heterocycles. The molecule has 0 saturated carbocycles. The van der Waals surface area contributed by atoms with Gasteiger partial charge in [-0.05, 0) is 78.9 Å². The minimum Gasteiger partial charge on any atom is -0.457 e. The van der Waals surface area contributed by atoms with Crippen LogP contribution in [0.2, 0.25) is 5.02 Å². The lowest BCUT2D eigenvalue weighted by Crippen LogP contribution is -2.58. The highest BCUT2D eigenvalue weighted by atomic mass is 35.5. The molecule has 0 aliphatic carbocycles. The molecule has 3 aromatic carbocycles. The summed E-state index contributed by atoms with van der Waals surface area (Å²) in [5, 5.41) is 23.5. The van der Waals surface area contributed by atoms with Crippen molar-refractivity contribution in [2.75, 3.05) is 50.2 Å². The Kier molecular flexibility index (Phi) is 18.7. The molecule has 1 aliphatic heterocycles. The topological polar surface area (TPSA) is 222 Å². The van der Waals surface area contributed by atoms with Crippen molar-refractivity contribution in [3.63, 3.8) is 0 Å². The third-order valence-electron chi connectivity index (χ3n) is 11.3. The summed E-state index contributed by atoms with van der Waals surface area (Å²) in [6, 6.07) is 16.8. The van der Waals surface area contributed by atoms with Crippen molar-refractivity contribution in [3.8, 4) is 21.9 Å². The average Bonchev–Trinajstić information content (AvgIpc) is 3.95. The number of pyridine rings is 1. The summed E-state index contributed by atoms with van der Waals surface area (Å²) in [4.78, 5) is 76.8. The van der Waals surface area contributed by atoms with Crippen LogP contribution in [0, 0.1) is 12.3 Å². The lowest BCUT2D eigenvalue weighted by atomic mass is 9.85. The minimum atomic E-state index is -4.69. The van der Waals surface area contributed by atoms with E-state index in [4.69, 9.17) is 25.8 Å². The molecule has 17 nitrogen and oxygen atoms in total. The van der Waals surface area contributed by atoms with Crippen LogP contribution in [0.4, 0.5) is 29.3 Å². The zero-order chi connectivity index (χ0) is 52.2. The molecular weight excluding hydrogens is 981 g/mol. The van der Waals surface area contributed by atoms with Gasteiger partial charge < -0.3 is 50.8 Å². The second-order valence-corrected chi connectivity index (χ2v) is 19.1. The molecule has 0 spiro atoms. The van der Waals surface area contributed by atoms with Crippen LogP contribution in [0.3, 0.4) is 0 Å². The second kappa shape index (κ2) is 24.7. The molecule has 384 valence electrons. The van der Waals surface area contributed by atoms with Gasteiger partial charge in [-0.25, -0.2) is 9.78 Å². The molecule has 6 amide bonds. The van der Waals surface area contributed by atoms with Crippen molar-refractivity contribution < 1.29 is 56.5 Å². The first kappa shape index (κ1) is 54.7. The Morgan fingerprint density at radius 1 is 0.861 bits per heavy atom. The van der Waals surface area contributed by atoms with Crippen LogP contribution >= 0.6 is 22.9 Å². The quantitative estimate of drug-likeness (QED) is 0.0408. The van der Waals surface area contributed by atoms with Crippen molar-refractivity contribution in [3.05, 3.63) is 118 Å². The van der Waals surface area contributed by atoms with Crippen LogP contribution in [-0.4, -0.2) is 107 Å². The first-order valence-electron chi connectivity index (χ1n) is 22.9. The number of thiazole rings is 1. The molecule has 6 rings (SSSR count). The molecular formula is C50H56ClF3N8O9S. The second-order valence-electron chi connectivity index (χ2n) is 17.9. The van der Waals surface area contributed by atoms with E-state index in [1.54, 1.807) is 22.9 Å². The van der Waals surface area contributed by atoms with E-state index in [2.05, 4.69) is 36.6 Å². The van der Waals surface area contributed by atoms with E-state index in [0.29, 0.717) is 17.2 Å². The number of aryl methyl sites for hydroxylation is 1. The van der Waals surface area contributed by atoms with Gasteiger partial charge in [0.05, 0.1) is 65.2 Å². The Bertz CT molecular complexity index is 2690. The van der Waals surface area contributed by atoms with E-state index >= 15 is 0 Å². The lowest BCUT2D eigenvalue weighted by Gasteiger charge is -2.35. The summed E-state index contributed by atoms with van der Waals surface area (Å²) < 4.78 is 56.5. The summed E-state index contributed by atoms with van der Waals surface area (Å²) in [5.41, 5.74) is 3.12.